The van der Waals surface area contributed by atoms with E-state index in [4.69, 9.17) is 10.00 Å². The maximum Gasteiger partial charge on any atom is 0.275 e. The molecule has 0 aliphatic carbocycles. The topological polar surface area (TPSA) is 92.8 Å². The van der Waals surface area contributed by atoms with Crippen LogP contribution in [0.3, 0.4) is 0 Å². The van der Waals surface area contributed by atoms with Gasteiger partial charge in [0.15, 0.2) is 5.82 Å². The average molecular weight is 285 g/mol. The molecule has 1 amide bonds. The second kappa shape index (κ2) is 6.05. The van der Waals surface area contributed by atoms with Gasteiger partial charge in [-0.2, -0.15) is 10.4 Å². The zero-order valence-electron chi connectivity index (χ0n) is 12.0. The van der Waals surface area contributed by atoms with Crippen LogP contribution in [-0.4, -0.2) is 26.8 Å². The van der Waals surface area contributed by atoms with Crippen LogP contribution in [0, 0.1) is 11.3 Å². The first-order chi connectivity index (χ1) is 9.99. The summed E-state index contributed by atoms with van der Waals surface area (Å²) in [5.41, 5.74) is 0.489. The first-order valence-electron chi connectivity index (χ1n) is 6.38. The molecule has 2 heterocycles. The summed E-state index contributed by atoms with van der Waals surface area (Å²) in [6, 6.07) is 6.90. The Morgan fingerprint density at radius 3 is 2.90 bits per heavy atom. The van der Waals surface area contributed by atoms with Gasteiger partial charge in [0.05, 0.1) is 6.10 Å². The molecular weight excluding hydrogens is 270 g/mol. The summed E-state index contributed by atoms with van der Waals surface area (Å²) in [6.07, 6.45) is 1.50. The minimum absolute atomic E-state index is 0.0307. The number of rotatable bonds is 4. The van der Waals surface area contributed by atoms with Gasteiger partial charge >= 0.3 is 0 Å². The van der Waals surface area contributed by atoms with Crippen LogP contribution in [0.15, 0.2) is 24.4 Å². The van der Waals surface area contributed by atoms with Crippen LogP contribution in [0.1, 0.15) is 29.9 Å². The van der Waals surface area contributed by atoms with Gasteiger partial charge in [-0.15, -0.1) is 0 Å². The van der Waals surface area contributed by atoms with Crippen molar-refractivity contribution >= 4 is 11.7 Å². The molecule has 0 aliphatic rings. The summed E-state index contributed by atoms with van der Waals surface area (Å²) in [6.45, 7) is 3.75. The van der Waals surface area contributed by atoms with E-state index in [1.165, 1.54) is 10.9 Å². The van der Waals surface area contributed by atoms with E-state index >= 15 is 0 Å². The van der Waals surface area contributed by atoms with E-state index in [-0.39, 0.29) is 17.6 Å². The van der Waals surface area contributed by atoms with Gasteiger partial charge in [-0.05, 0) is 19.9 Å². The fraction of sp³-hybridized carbons (Fsp3) is 0.286. The molecule has 0 radical (unpaired) electrons. The largest absolute Gasteiger partial charge is 0.475 e. The fourth-order valence-corrected chi connectivity index (χ4v) is 1.68. The zero-order valence-corrected chi connectivity index (χ0v) is 12.0. The van der Waals surface area contributed by atoms with Crippen molar-refractivity contribution in [2.24, 2.45) is 7.05 Å². The third-order valence-electron chi connectivity index (χ3n) is 2.49. The third kappa shape index (κ3) is 3.57. The average Bonchev–Trinajstić information content (AvgIpc) is 2.78. The SMILES string of the molecule is CC(C)Oc1cccc(C(=O)Nc2nn(C)cc2C#N)n1. The number of nitriles is 1. The summed E-state index contributed by atoms with van der Waals surface area (Å²) < 4.78 is 6.90. The van der Waals surface area contributed by atoms with Gasteiger partial charge < -0.3 is 10.1 Å². The van der Waals surface area contributed by atoms with Crippen molar-refractivity contribution < 1.29 is 9.53 Å². The highest BCUT2D eigenvalue weighted by Crippen LogP contribution is 2.14. The van der Waals surface area contributed by atoms with Crippen LogP contribution < -0.4 is 10.1 Å². The molecule has 2 aromatic heterocycles. The number of ether oxygens (including phenoxy) is 1. The maximum absolute atomic E-state index is 12.1. The number of aromatic nitrogens is 3. The second-order valence-corrected chi connectivity index (χ2v) is 4.66. The maximum atomic E-state index is 12.1. The number of hydrogen-bond donors (Lipinski definition) is 1. The van der Waals surface area contributed by atoms with E-state index < -0.39 is 5.91 Å². The molecule has 2 aromatic rings. The van der Waals surface area contributed by atoms with E-state index in [0.29, 0.717) is 11.4 Å². The van der Waals surface area contributed by atoms with Crippen LogP contribution >= 0.6 is 0 Å². The first kappa shape index (κ1) is 14.5. The smallest absolute Gasteiger partial charge is 0.275 e. The Hall–Kier alpha value is -2.88. The summed E-state index contributed by atoms with van der Waals surface area (Å²) in [7, 11) is 1.67. The molecule has 0 bridgehead atoms. The molecule has 0 unspecified atom stereocenters. The Labute approximate surface area is 122 Å². The van der Waals surface area contributed by atoms with Gasteiger partial charge in [-0.1, -0.05) is 6.07 Å². The Balaban J connectivity index is 2.18. The first-order valence-corrected chi connectivity index (χ1v) is 6.38. The highest BCUT2D eigenvalue weighted by Gasteiger charge is 2.14. The van der Waals surface area contributed by atoms with Crippen molar-refractivity contribution in [3.63, 3.8) is 0 Å². The number of nitrogens with one attached hydrogen (secondary N) is 1. The Morgan fingerprint density at radius 1 is 1.48 bits per heavy atom. The molecule has 0 saturated carbocycles. The van der Waals surface area contributed by atoms with Crippen molar-refractivity contribution in [1.29, 1.82) is 5.26 Å². The molecule has 7 nitrogen and oxygen atoms in total. The molecule has 0 saturated heterocycles. The van der Waals surface area contributed by atoms with Gasteiger partial charge in [0.1, 0.15) is 17.3 Å². The number of pyridine rings is 1. The Bertz CT molecular complexity index is 700. The number of aryl methyl sites for hydroxylation is 1. The van der Waals surface area contributed by atoms with E-state index in [2.05, 4.69) is 15.4 Å². The quantitative estimate of drug-likeness (QED) is 0.923. The number of nitrogens with zero attached hydrogens (tertiary/aromatic N) is 4. The molecule has 108 valence electrons. The Morgan fingerprint density at radius 2 is 2.24 bits per heavy atom. The highest BCUT2D eigenvalue weighted by molar-refractivity contribution is 6.02. The normalized spacial score (nSPS) is 10.2. The predicted molar refractivity (Wildman–Crippen MR) is 75.9 cm³/mol. The summed E-state index contributed by atoms with van der Waals surface area (Å²) in [4.78, 5) is 16.3. The second-order valence-electron chi connectivity index (χ2n) is 4.66. The van der Waals surface area contributed by atoms with E-state index in [0.717, 1.165) is 0 Å². The minimum atomic E-state index is -0.445. The number of carbonyl (C=O) groups is 1. The lowest BCUT2D eigenvalue weighted by molar-refractivity contribution is 0.102. The summed E-state index contributed by atoms with van der Waals surface area (Å²) >= 11 is 0. The van der Waals surface area contributed by atoms with Crippen molar-refractivity contribution in [2.75, 3.05) is 5.32 Å². The van der Waals surface area contributed by atoms with Crippen LogP contribution in [0.4, 0.5) is 5.82 Å². The zero-order chi connectivity index (χ0) is 15.4. The molecule has 0 aromatic carbocycles. The van der Waals surface area contributed by atoms with Gasteiger partial charge in [0, 0.05) is 19.3 Å². The van der Waals surface area contributed by atoms with Gasteiger partial charge in [-0.25, -0.2) is 4.98 Å². The number of anilines is 1. The van der Waals surface area contributed by atoms with Crippen LogP contribution in [0.25, 0.3) is 0 Å². The lowest BCUT2D eigenvalue weighted by atomic mass is 10.3. The van der Waals surface area contributed by atoms with Crippen molar-refractivity contribution in [2.45, 2.75) is 20.0 Å². The van der Waals surface area contributed by atoms with Gasteiger partial charge in [0.2, 0.25) is 5.88 Å². The lowest BCUT2D eigenvalue weighted by Gasteiger charge is -2.09. The van der Waals surface area contributed by atoms with E-state index in [1.54, 1.807) is 25.2 Å². The van der Waals surface area contributed by atoms with Crippen molar-refractivity contribution in [3.8, 4) is 11.9 Å². The Kier molecular flexibility index (Phi) is 4.18. The molecule has 0 aliphatic heterocycles. The molecule has 2 rings (SSSR count). The molecule has 7 heteroatoms. The molecular formula is C14H15N5O2. The molecule has 1 N–H and O–H groups in total. The van der Waals surface area contributed by atoms with Gasteiger partial charge in [-0.3, -0.25) is 9.48 Å². The fourth-order valence-electron chi connectivity index (χ4n) is 1.68. The standard InChI is InChI=1S/C14H15N5O2/c1-9(2)21-12-6-4-5-11(16-12)14(20)17-13-10(7-15)8-19(3)18-13/h4-6,8-9H,1-3H3,(H,17,18,20). The molecule has 0 fully saturated rings. The van der Waals surface area contributed by atoms with Crippen LogP contribution in [-0.2, 0) is 7.05 Å². The predicted octanol–water partition coefficient (Wildman–Crippen LogP) is 1.73. The molecule has 0 atom stereocenters. The van der Waals surface area contributed by atoms with E-state index in [1.807, 2.05) is 19.9 Å². The van der Waals surface area contributed by atoms with Crippen molar-refractivity contribution in [1.82, 2.24) is 14.8 Å². The van der Waals surface area contributed by atoms with E-state index in [9.17, 15) is 4.79 Å². The van der Waals surface area contributed by atoms with Crippen LogP contribution in [0.2, 0.25) is 0 Å². The van der Waals surface area contributed by atoms with Crippen molar-refractivity contribution in [3.05, 3.63) is 35.7 Å². The molecule has 0 spiro atoms. The molecule has 21 heavy (non-hydrogen) atoms. The highest BCUT2D eigenvalue weighted by atomic mass is 16.5. The monoisotopic (exact) mass is 285 g/mol. The third-order valence-corrected chi connectivity index (χ3v) is 2.49. The van der Waals surface area contributed by atoms with Crippen LogP contribution in [0.5, 0.6) is 5.88 Å². The summed E-state index contributed by atoms with van der Waals surface area (Å²) in [5, 5.41) is 15.6. The van der Waals surface area contributed by atoms with Gasteiger partial charge in [0.25, 0.3) is 5.91 Å². The minimum Gasteiger partial charge on any atom is -0.475 e. The lowest BCUT2D eigenvalue weighted by Crippen LogP contribution is -2.16. The number of amides is 1. The number of hydrogen-bond acceptors (Lipinski definition) is 5. The number of carbonyl (C=O) groups excluding carboxylic acids is 1. The summed E-state index contributed by atoms with van der Waals surface area (Å²) in [5.74, 6) is 0.139.